The van der Waals surface area contributed by atoms with Gasteiger partial charge in [-0.25, -0.2) is 0 Å². The van der Waals surface area contributed by atoms with Crippen molar-refractivity contribution in [2.45, 2.75) is 38.1 Å². The van der Waals surface area contributed by atoms with E-state index in [-0.39, 0.29) is 5.91 Å². The van der Waals surface area contributed by atoms with Gasteiger partial charge in [0.1, 0.15) is 0 Å². The number of hydrogen-bond donors (Lipinski definition) is 1. The van der Waals surface area contributed by atoms with Crippen LogP contribution in [0.3, 0.4) is 0 Å². The third-order valence-corrected chi connectivity index (χ3v) is 3.92. The zero-order valence-corrected chi connectivity index (χ0v) is 10.0. The van der Waals surface area contributed by atoms with Gasteiger partial charge in [0.2, 0.25) is 5.91 Å². The summed E-state index contributed by atoms with van der Waals surface area (Å²) in [5.41, 5.74) is 0. The highest BCUT2D eigenvalue weighted by molar-refractivity contribution is 7.16. The van der Waals surface area contributed by atoms with Crippen LogP contribution in [0.25, 0.3) is 0 Å². The molecule has 1 saturated carbocycles. The van der Waals surface area contributed by atoms with E-state index in [9.17, 15) is 4.79 Å². The molecule has 4 heteroatoms. The number of carbonyl (C=O) groups excluding carboxylic acids is 1. The van der Waals surface area contributed by atoms with E-state index in [4.69, 9.17) is 11.6 Å². The quantitative estimate of drug-likeness (QED) is 0.869. The zero-order chi connectivity index (χ0) is 10.7. The number of halogens is 1. The van der Waals surface area contributed by atoms with Crippen LogP contribution in [-0.2, 0) is 11.2 Å². The summed E-state index contributed by atoms with van der Waals surface area (Å²) in [6.45, 7) is 0. The lowest BCUT2D eigenvalue weighted by Crippen LogP contribution is -2.33. The third kappa shape index (κ3) is 3.21. The minimum absolute atomic E-state index is 0.125. The standard InChI is InChI=1S/C11H14ClNOS/c12-10-6-5-9(15-10)7-11(14)13-8-3-1-2-4-8/h5-6,8H,1-4,7H2,(H,13,14). The Hall–Kier alpha value is -0.540. The van der Waals surface area contributed by atoms with E-state index < -0.39 is 0 Å². The summed E-state index contributed by atoms with van der Waals surface area (Å²) in [4.78, 5) is 12.7. The maximum Gasteiger partial charge on any atom is 0.225 e. The van der Waals surface area contributed by atoms with E-state index in [1.54, 1.807) is 0 Å². The summed E-state index contributed by atoms with van der Waals surface area (Å²) in [5, 5.41) is 3.06. The predicted octanol–water partition coefficient (Wildman–Crippen LogP) is 3.00. The van der Waals surface area contributed by atoms with E-state index in [1.807, 2.05) is 12.1 Å². The van der Waals surface area contributed by atoms with Crippen LogP contribution in [0.1, 0.15) is 30.6 Å². The molecule has 1 N–H and O–H groups in total. The van der Waals surface area contributed by atoms with E-state index in [1.165, 1.54) is 24.2 Å². The van der Waals surface area contributed by atoms with Crippen LogP contribution < -0.4 is 5.32 Å². The molecular formula is C11H14ClNOS. The molecule has 0 aromatic carbocycles. The first-order valence-corrected chi connectivity index (χ1v) is 6.47. The van der Waals surface area contributed by atoms with Crippen LogP contribution in [0.15, 0.2) is 12.1 Å². The van der Waals surface area contributed by atoms with Gasteiger partial charge in [-0.1, -0.05) is 24.4 Å². The topological polar surface area (TPSA) is 29.1 Å². The van der Waals surface area contributed by atoms with Crippen molar-refractivity contribution in [3.63, 3.8) is 0 Å². The first-order valence-electron chi connectivity index (χ1n) is 5.27. The van der Waals surface area contributed by atoms with Crippen molar-refractivity contribution < 1.29 is 4.79 Å². The van der Waals surface area contributed by atoms with Crippen LogP contribution >= 0.6 is 22.9 Å². The van der Waals surface area contributed by atoms with Crippen LogP contribution in [-0.4, -0.2) is 11.9 Å². The second kappa shape index (κ2) is 4.99. The second-order valence-electron chi connectivity index (χ2n) is 3.93. The summed E-state index contributed by atoms with van der Waals surface area (Å²) in [6.07, 6.45) is 5.23. The number of thiophene rings is 1. The Bertz CT molecular complexity index is 344. The molecule has 0 unspecified atom stereocenters. The van der Waals surface area contributed by atoms with Gasteiger partial charge in [-0.2, -0.15) is 0 Å². The number of carbonyl (C=O) groups is 1. The maximum atomic E-state index is 11.6. The number of nitrogens with one attached hydrogen (secondary N) is 1. The molecule has 82 valence electrons. The minimum atomic E-state index is 0.125. The molecule has 1 aromatic heterocycles. The average molecular weight is 244 g/mol. The summed E-state index contributed by atoms with van der Waals surface area (Å²) in [7, 11) is 0. The molecule has 1 heterocycles. The maximum absolute atomic E-state index is 11.6. The molecule has 2 nitrogen and oxygen atoms in total. The highest BCUT2D eigenvalue weighted by Crippen LogP contribution is 2.22. The Morgan fingerprint density at radius 2 is 2.20 bits per heavy atom. The van der Waals surface area contributed by atoms with Gasteiger partial charge in [0.15, 0.2) is 0 Å². The normalized spacial score (nSPS) is 16.9. The molecule has 1 aromatic rings. The van der Waals surface area contributed by atoms with Gasteiger partial charge in [0.05, 0.1) is 10.8 Å². The van der Waals surface area contributed by atoms with E-state index in [0.29, 0.717) is 12.5 Å². The van der Waals surface area contributed by atoms with Gasteiger partial charge < -0.3 is 5.32 Å². The minimum Gasteiger partial charge on any atom is -0.353 e. The fourth-order valence-electron chi connectivity index (χ4n) is 1.95. The van der Waals surface area contributed by atoms with Gasteiger partial charge in [0.25, 0.3) is 0 Å². The highest BCUT2D eigenvalue weighted by Gasteiger charge is 2.17. The molecule has 2 rings (SSSR count). The average Bonchev–Trinajstić information content (AvgIpc) is 2.77. The molecule has 1 aliphatic rings. The Labute approximate surface area is 98.6 Å². The molecule has 0 atom stereocenters. The molecule has 0 saturated heterocycles. The van der Waals surface area contributed by atoms with Crippen molar-refractivity contribution in [3.8, 4) is 0 Å². The summed E-state index contributed by atoms with van der Waals surface area (Å²) in [5.74, 6) is 0.125. The van der Waals surface area contributed by atoms with E-state index in [2.05, 4.69) is 5.32 Å². The van der Waals surface area contributed by atoms with Crippen molar-refractivity contribution in [2.24, 2.45) is 0 Å². The third-order valence-electron chi connectivity index (χ3n) is 2.68. The van der Waals surface area contributed by atoms with Crippen LogP contribution in [0.2, 0.25) is 4.34 Å². The Balaban J connectivity index is 1.81. The van der Waals surface area contributed by atoms with Crippen molar-refractivity contribution in [2.75, 3.05) is 0 Å². The second-order valence-corrected chi connectivity index (χ2v) is 5.73. The van der Waals surface area contributed by atoms with Crippen molar-refractivity contribution in [3.05, 3.63) is 21.3 Å². The monoisotopic (exact) mass is 243 g/mol. The van der Waals surface area contributed by atoms with Crippen LogP contribution in [0, 0.1) is 0 Å². The summed E-state index contributed by atoms with van der Waals surface area (Å²) < 4.78 is 0.749. The fraction of sp³-hybridized carbons (Fsp3) is 0.545. The van der Waals surface area contributed by atoms with E-state index >= 15 is 0 Å². The van der Waals surface area contributed by atoms with Crippen molar-refractivity contribution in [1.82, 2.24) is 5.32 Å². The van der Waals surface area contributed by atoms with Gasteiger partial charge in [-0.15, -0.1) is 11.3 Å². The first kappa shape index (κ1) is 11.0. The van der Waals surface area contributed by atoms with E-state index in [0.717, 1.165) is 22.1 Å². The number of rotatable bonds is 3. The Morgan fingerprint density at radius 3 is 2.80 bits per heavy atom. The summed E-state index contributed by atoms with van der Waals surface area (Å²) >= 11 is 7.28. The molecule has 0 aliphatic heterocycles. The largest absolute Gasteiger partial charge is 0.353 e. The number of hydrogen-bond acceptors (Lipinski definition) is 2. The molecule has 1 aliphatic carbocycles. The SMILES string of the molecule is O=C(Cc1ccc(Cl)s1)NC1CCCC1. The Kier molecular flexibility index (Phi) is 3.65. The van der Waals surface area contributed by atoms with Crippen LogP contribution in [0.4, 0.5) is 0 Å². The lowest BCUT2D eigenvalue weighted by molar-refractivity contribution is -0.121. The molecule has 1 fully saturated rings. The smallest absolute Gasteiger partial charge is 0.225 e. The van der Waals surface area contributed by atoms with Gasteiger partial charge in [-0.3, -0.25) is 4.79 Å². The lowest BCUT2D eigenvalue weighted by atomic mass is 10.2. The van der Waals surface area contributed by atoms with Gasteiger partial charge >= 0.3 is 0 Å². The van der Waals surface area contributed by atoms with Crippen LogP contribution in [0.5, 0.6) is 0 Å². The summed E-state index contributed by atoms with van der Waals surface area (Å²) in [6, 6.07) is 4.17. The predicted molar refractivity (Wildman–Crippen MR) is 63.4 cm³/mol. The zero-order valence-electron chi connectivity index (χ0n) is 8.46. The Morgan fingerprint density at radius 1 is 1.47 bits per heavy atom. The number of amides is 1. The molecule has 1 amide bonds. The van der Waals surface area contributed by atoms with Gasteiger partial charge in [-0.05, 0) is 25.0 Å². The fourth-order valence-corrected chi connectivity index (χ4v) is 3.04. The van der Waals surface area contributed by atoms with Gasteiger partial charge in [0, 0.05) is 10.9 Å². The molecule has 0 spiro atoms. The lowest BCUT2D eigenvalue weighted by Gasteiger charge is -2.10. The molecule has 15 heavy (non-hydrogen) atoms. The van der Waals surface area contributed by atoms with Crippen molar-refractivity contribution in [1.29, 1.82) is 0 Å². The molecular weight excluding hydrogens is 230 g/mol. The van der Waals surface area contributed by atoms with Crippen molar-refractivity contribution >= 4 is 28.8 Å². The molecule has 0 bridgehead atoms. The molecule has 0 radical (unpaired) electrons. The highest BCUT2D eigenvalue weighted by atomic mass is 35.5. The first-order chi connectivity index (χ1) is 7.24.